The van der Waals surface area contributed by atoms with E-state index in [4.69, 9.17) is 5.73 Å². The van der Waals surface area contributed by atoms with E-state index in [1.165, 1.54) is 18.4 Å². The minimum atomic E-state index is 0.684. The first-order valence-electron chi connectivity index (χ1n) is 4.52. The van der Waals surface area contributed by atoms with Gasteiger partial charge in [0.2, 0.25) is 0 Å². The van der Waals surface area contributed by atoms with Gasteiger partial charge in [-0.25, -0.2) is 0 Å². The third-order valence-electron chi connectivity index (χ3n) is 2.83. The second kappa shape index (κ2) is 3.23. The Labute approximate surface area is 72.8 Å². The van der Waals surface area contributed by atoms with Crippen LogP contribution in [0.25, 0.3) is 0 Å². The summed E-state index contributed by atoms with van der Waals surface area (Å²) < 4.78 is 0. The number of pyridine rings is 1. The van der Waals surface area contributed by atoms with Gasteiger partial charge in [0.05, 0.1) is 0 Å². The smallest absolute Gasteiger partial charge is 0.0302 e. The van der Waals surface area contributed by atoms with Crippen molar-refractivity contribution in [1.29, 1.82) is 0 Å². The lowest BCUT2D eigenvalue weighted by atomic mass is 9.70. The van der Waals surface area contributed by atoms with Crippen LogP contribution >= 0.6 is 0 Å². The van der Waals surface area contributed by atoms with E-state index in [1.54, 1.807) is 0 Å². The summed E-state index contributed by atoms with van der Waals surface area (Å²) in [6.07, 6.45) is 6.36. The molecule has 2 N–H and O–H groups in total. The van der Waals surface area contributed by atoms with Crippen LogP contribution in [0.15, 0.2) is 24.5 Å². The number of aromatic nitrogens is 1. The highest BCUT2D eigenvalue weighted by molar-refractivity contribution is 5.18. The molecule has 1 aromatic rings. The Bertz CT molecular complexity index is 243. The van der Waals surface area contributed by atoms with Crippen molar-refractivity contribution in [2.75, 3.05) is 6.54 Å². The summed E-state index contributed by atoms with van der Waals surface area (Å²) in [4.78, 5) is 4.12. The van der Waals surface area contributed by atoms with Gasteiger partial charge in [0.1, 0.15) is 0 Å². The maximum absolute atomic E-state index is 5.64. The molecule has 2 atom stereocenters. The molecule has 2 nitrogen and oxygen atoms in total. The molecule has 2 unspecified atom stereocenters. The first-order chi connectivity index (χ1) is 5.92. The average molecular weight is 162 g/mol. The highest BCUT2D eigenvalue weighted by Gasteiger charge is 2.30. The van der Waals surface area contributed by atoms with Crippen molar-refractivity contribution >= 4 is 0 Å². The average Bonchev–Trinajstić information content (AvgIpc) is 2.05. The fourth-order valence-corrected chi connectivity index (χ4v) is 1.89. The maximum atomic E-state index is 5.64. The molecule has 64 valence electrons. The summed E-state index contributed by atoms with van der Waals surface area (Å²) in [5.74, 6) is 1.39. The molecule has 12 heavy (non-hydrogen) atoms. The summed E-state index contributed by atoms with van der Waals surface area (Å²) in [5, 5.41) is 0. The van der Waals surface area contributed by atoms with Gasteiger partial charge in [0, 0.05) is 12.4 Å². The standard InChI is InChI=1S/C10H14N2/c11-6-8-3-4-10(8)9-2-1-5-12-7-9/h1-2,5,7-8,10H,3-4,6,11H2. The molecule has 0 aromatic carbocycles. The molecule has 0 spiro atoms. The largest absolute Gasteiger partial charge is 0.330 e. The Morgan fingerprint density at radius 1 is 1.50 bits per heavy atom. The monoisotopic (exact) mass is 162 g/mol. The molecule has 2 rings (SSSR count). The van der Waals surface area contributed by atoms with Crippen molar-refractivity contribution in [3.8, 4) is 0 Å². The summed E-state index contributed by atoms with van der Waals surface area (Å²) >= 11 is 0. The number of hydrogen-bond donors (Lipinski definition) is 1. The van der Waals surface area contributed by atoms with Gasteiger partial charge in [-0.15, -0.1) is 0 Å². The van der Waals surface area contributed by atoms with Crippen LogP contribution < -0.4 is 5.73 Å². The number of rotatable bonds is 2. The molecule has 1 aliphatic carbocycles. The summed E-state index contributed by atoms with van der Waals surface area (Å²) in [5.41, 5.74) is 7.00. The van der Waals surface area contributed by atoms with Gasteiger partial charge in [-0.05, 0) is 42.9 Å². The van der Waals surface area contributed by atoms with Crippen molar-refractivity contribution in [1.82, 2.24) is 4.98 Å². The second-order valence-corrected chi connectivity index (χ2v) is 3.47. The Morgan fingerprint density at radius 2 is 2.42 bits per heavy atom. The van der Waals surface area contributed by atoms with E-state index in [9.17, 15) is 0 Å². The number of nitrogens with two attached hydrogens (primary N) is 1. The van der Waals surface area contributed by atoms with Crippen molar-refractivity contribution < 1.29 is 0 Å². The number of nitrogens with zero attached hydrogens (tertiary/aromatic N) is 1. The van der Waals surface area contributed by atoms with E-state index in [0.717, 1.165) is 6.54 Å². The van der Waals surface area contributed by atoms with Crippen LogP contribution in [0.1, 0.15) is 24.3 Å². The first-order valence-corrected chi connectivity index (χ1v) is 4.52. The molecule has 1 heterocycles. The maximum Gasteiger partial charge on any atom is 0.0302 e. The first kappa shape index (κ1) is 7.74. The zero-order valence-corrected chi connectivity index (χ0v) is 7.11. The molecular formula is C10H14N2. The Balaban J connectivity index is 2.11. The molecular weight excluding hydrogens is 148 g/mol. The minimum absolute atomic E-state index is 0.684. The van der Waals surface area contributed by atoms with E-state index in [1.807, 2.05) is 18.5 Å². The fourth-order valence-electron chi connectivity index (χ4n) is 1.89. The van der Waals surface area contributed by atoms with E-state index < -0.39 is 0 Å². The van der Waals surface area contributed by atoms with Crippen molar-refractivity contribution in [3.05, 3.63) is 30.1 Å². The molecule has 0 amide bonds. The van der Waals surface area contributed by atoms with Gasteiger partial charge in [0.25, 0.3) is 0 Å². The molecule has 1 fully saturated rings. The molecule has 0 aliphatic heterocycles. The lowest BCUT2D eigenvalue weighted by Crippen LogP contribution is -2.30. The van der Waals surface area contributed by atoms with Gasteiger partial charge in [0.15, 0.2) is 0 Å². The van der Waals surface area contributed by atoms with E-state index >= 15 is 0 Å². The van der Waals surface area contributed by atoms with Crippen LogP contribution in [0.5, 0.6) is 0 Å². The Morgan fingerprint density at radius 3 is 2.92 bits per heavy atom. The third-order valence-corrected chi connectivity index (χ3v) is 2.83. The second-order valence-electron chi connectivity index (χ2n) is 3.47. The van der Waals surface area contributed by atoms with E-state index in [2.05, 4.69) is 11.1 Å². The lowest BCUT2D eigenvalue weighted by Gasteiger charge is -2.35. The number of hydrogen-bond acceptors (Lipinski definition) is 2. The fraction of sp³-hybridized carbons (Fsp3) is 0.500. The highest BCUT2D eigenvalue weighted by atomic mass is 14.6. The van der Waals surface area contributed by atoms with Gasteiger partial charge >= 0.3 is 0 Å². The predicted molar refractivity (Wildman–Crippen MR) is 48.8 cm³/mol. The van der Waals surface area contributed by atoms with Crippen LogP contribution in [0.3, 0.4) is 0 Å². The van der Waals surface area contributed by atoms with Crippen LogP contribution in [-0.4, -0.2) is 11.5 Å². The Kier molecular flexibility index (Phi) is 2.09. The van der Waals surface area contributed by atoms with Crippen LogP contribution in [-0.2, 0) is 0 Å². The molecule has 0 saturated heterocycles. The van der Waals surface area contributed by atoms with Crippen molar-refractivity contribution in [2.45, 2.75) is 18.8 Å². The molecule has 1 aliphatic rings. The van der Waals surface area contributed by atoms with Crippen LogP contribution in [0.4, 0.5) is 0 Å². The van der Waals surface area contributed by atoms with Gasteiger partial charge < -0.3 is 5.73 Å². The highest BCUT2D eigenvalue weighted by Crippen LogP contribution is 2.41. The molecule has 2 heteroatoms. The molecule has 1 aromatic heterocycles. The minimum Gasteiger partial charge on any atom is -0.330 e. The predicted octanol–water partition coefficient (Wildman–Crippen LogP) is 1.53. The van der Waals surface area contributed by atoms with Crippen LogP contribution in [0.2, 0.25) is 0 Å². The van der Waals surface area contributed by atoms with Crippen molar-refractivity contribution in [3.63, 3.8) is 0 Å². The Hall–Kier alpha value is -0.890. The summed E-state index contributed by atoms with van der Waals surface area (Å²) in [7, 11) is 0. The topological polar surface area (TPSA) is 38.9 Å². The normalized spacial score (nSPS) is 28.1. The zero-order chi connectivity index (χ0) is 8.39. The van der Waals surface area contributed by atoms with Gasteiger partial charge in [-0.3, -0.25) is 4.98 Å². The third kappa shape index (κ3) is 1.23. The van der Waals surface area contributed by atoms with Gasteiger partial charge in [-0.1, -0.05) is 6.07 Å². The molecule has 0 radical (unpaired) electrons. The summed E-state index contributed by atoms with van der Waals surface area (Å²) in [6, 6.07) is 4.15. The lowest BCUT2D eigenvalue weighted by molar-refractivity contribution is 0.263. The van der Waals surface area contributed by atoms with Crippen LogP contribution in [0, 0.1) is 5.92 Å². The van der Waals surface area contributed by atoms with Gasteiger partial charge in [-0.2, -0.15) is 0 Å². The summed E-state index contributed by atoms with van der Waals surface area (Å²) in [6.45, 7) is 0.819. The molecule has 1 saturated carbocycles. The molecule has 0 bridgehead atoms. The zero-order valence-electron chi connectivity index (χ0n) is 7.11. The van der Waals surface area contributed by atoms with E-state index in [-0.39, 0.29) is 0 Å². The quantitative estimate of drug-likeness (QED) is 0.716. The van der Waals surface area contributed by atoms with E-state index in [0.29, 0.717) is 11.8 Å². The SMILES string of the molecule is NCC1CCC1c1cccnc1. The van der Waals surface area contributed by atoms with Crippen molar-refractivity contribution in [2.24, 2.45) is 11.7 Å².